The zero-order valence-corrected chi connectivity index (χ0v) is 7.34. The summed E-state index contributed by atoms with van der Waals surface area (Å²) in [5.74, 6) is -0.907. The van der Waals surface area contributed by atoms with Crippen LogP contribution < -0.4 is 0 Å². The van der Waals surface area contributed by atoms with Gasteiger partial charge in [0.25, 0.3) is 0 Å². The molecule has 0 spiro atoms. The number of carboxylic acids is 1. The predicted molar refractivity (Wildman–Crippen MR) is 42.5 cm³/mol. The Bertz CT molecular complexity index is 180. The highest BCUT2D eigenvalue weighted by atomic mass is 16.5. The second-order valence-corrected chi connectivity index (χ2v) is 2.94. The van der Waals surface area contributed by atoms with E-state index in [-0.39, 0.29) is 0 Å². The van der Waals surface area contributed by atoms with Gasteiger partial charge in [-0.05, 0) is 26.8 Å². The van der Waals surface area contributed by atoms with Crippen molar-refractivity contribution < 1.29 is 14.6 Å². The van der Waals surface area contributed by atoms with Gasteiger partial charge in [0.2, 0.25) is 0 Å². The molecule has 0 fully saturated rings. The summed E-state index contributed by atoms with van der Waals surface area (Å²) in [4.78, 5) is 10.4. The van der Waals surface area contributed by atoms with Crippen LogP contribution in [-0.4, -0.2) is 23.8 Å². The highest BCUT2D eigenvalue weighted by Crippen LogP contribution is 2.11. The van der Waals surface area contributed by atoms with Gasteiger partial charge in [-0.25, -0.2) is 4.79 Å². The third kappa shape index (κ3) is 3.78. The van der Waals surface area contributed by atoms with Crippen molar-refractivity contribution in [3.63, 3.8) is 0 Å². The molecular formula is C8H14O3. The fourth-order valence-electron chi connectivity index (χ4n) is 0.642. The Kier molecular flexibility index (Phi) is 3.26. The number of hydrogen-bond donors (Lipinski definition) is 1. The molecule has 0 saturated heterocycles. The van der Waals surface area contributed by atoms with Gasteiger partial charge in [-0.15, -0.1) is 0 Å². The van der Waals surface area contributed by atoms with E-state index in [0.29, 0.717) is 5.57 Å². The van der Waals surface area contributed by atoms with E-state index in [0.717, 1.165) is 0 Å². The summed E-state index contributed by atoms with van der Waals surface area (Å²) in [6.45, 7) is 5.15. The summed E-state index contributed by atoms with van der Waals surface area (Å²) in [6.07, 6.45) is 1.58. The van der Waals surface area contributed by atoms with E-state index < -0.39 is 11.6 Å². The lowest BCUT2D eigenvalue weighted by molar-refractivity contribution is -0.132. The van der Waals surface area contributed by atoms with Crippen LogP contribution in [0, 0.1) is 0 Å². The van der Waals surface area contributed by atoms with Gasteiger partial charge in [-0.3, -0.25) is 0 Å². The maximum atomic E-state index is 10.4. The minimum atomic E-state index is -0.907. The maximum absolute atomic E-state index is 10.4. The van der Waals surface area contributed by atoms with Gasteiger partial charge >= 0.3 is 5.97 Å². The zero-order valence-electron chi connectivity index (χ0n) is 7.34. The van der Waals surface area contributed by atoms with Gasteiger partial charge in [0.05, 0.1) is 5.60 Å². The lowest BCUT2D eigenvalue weighted by Crippen LogP contribution is -2.20. The minimum Gasteiger partial charge on any atom is -0.478 e. The van der Waals surface area contributed by atoms with E-state index in [2.05, 4.69) is 0 Å². The van der Waals surface area contributed by atoms with Crippen LogP contribution in [0.15, 0.2) is 11.6 Å². The molecule has 0 aromatic heterocycles. The molecule has 0 unspecified atom stereocenters. The quantitative estimate of drug-likeness (QED) is 0.632. The number of carboxylic acid groups (broad SMARTS) is 1. The van der Waals surface area contributed by atoms with Gasteiger partial charge in [-0.1, -0.05) is 0 Å². The average Bonchev–Trinajstić information content (AvgIpc) is 1.87. The summed E-state index contributed by atoms with van der Waals surface area (Å²) >= 11 is 0. The van der Waals surface area contributed by atoms with Crippen LogP contribution in [0.3, 0.4) is 0 Å². The van der Waals surface area contributed by atoms with Gasteiger partial charge < -0.3 is 9.84 Å². The fraction of sp³-hybridized carbons (Fsp3) is 0.625. The molecular weight excluding hydrogens is 144 g/mol. The smallest absolute Gasteiger partial charge is 0.331 e. The maximum Gasteiger partial charge on any atom is 0.331 e. The number of carbonyl (C=O) groups is 1. The van der Waals surface area contributed by atoms with E-state index in [4.69, 9.17) is 9.84 Å². The van der Waals surface area contributed by atoms with Crippen LogP contribution in [0.2, 0.25) is 0 Å². The highest BCUT2D eigenvalue weighted by Gasteiger charge is 2.14. The molecule has 0 atom stereocenters. The van der Waals surface area contributed by atoms with Crippen LogP contribution >= 0.6 is 0 Å². The summed E-state index contributed by atoms with van der Waals surface area (Å²) < 4.78 is 5.02. The lowest BCUT2D eigenvalue weighted by Gasteiger charge is -2.18. The lowest BCUT2D eigenvalue weighted by atomic mass is 10.1. The molecule has 0 aliphatic heterocycles. The Morgan fingerprint density at radius 3 is 2.27 bits per heavy atom. The van der Waals surface area contributed by atoms with Crippen molar-refractivity contribution in [3.8, 4) is 0 Å². The summed E-state index contributed by atoms with van der Waals surface area (Å²) in [5.41, 5.74) is -0.195. The van der Waals surface area contributed by atoms with Crippen molar-refractivity contribution in [2.24, 2.45) is 0 Å². The topological polar surface area (TPSA) is 46.5 Å². The Morgan fingerprint density at radius 1 is 1.55 bits per heavy atom. The van der Waals surface area contributed by atoms with Crippen LogP contribution in [-0.2, 0) is 9.53 Å². The second-order valence-electron chi connectivity index (χ2n) is 2.94. The van der Waals surface area contributed by atoms with E-state index in [9.17, 15) is 4.79 Å². The molecule has 0 aromatic carbocycles. The second kappa shape index (κ2) is 3.53. The Hall–Kier alpha value is -0.830. The molecule has 0 radical (unpaired) electrons. The first kappa shape index (κ1) is 10.2. The van der Waals surface area contributed by atoms with Crippen molar-refractivity contribution >= 4 is 5.97 Å². The largest absolute Gasteiger partial charge is 0.478 e. The van der Waals surface area contributed by atoms with Crippen LogP contribution in [0.4, 0.5) is 0 Å². The highest BCUT2D eigenvalue weighted by molar-refractivity contribution is 5.85. The third-order valence-electron chi connectivity index (χ3n) is 1.43. The molecule has 0 amide bonds. The van der Waals surface area contributed by atoms with E-state index in [1.165, 1.54) is 0 Å². The summed E-state index contributed by atoms with van der Waals surface area (Å²) in [7, 11) is 1.55. The monoisotopic (exact) mass is 158 g/mol. The van der Waals surface area contributed by atoms with E-state index in [1.54, 1.807) is 34.0 Å². The molecule has 0 aliphatic rings. The Balaban J connectivity index is 4.41. The normalized spacial score (nSPS) is 13.3. The Morgan fingerprint density at radius 2 is 2.00 bits per heavy atom. The molecule has 0 heterocycles. The average molecular weight is 158 g/mol. The number of ether oxygens (including phenoxy) is 1. The number of aliphatic carboxylic acids is 1. The first-order chi connectivity index (χ1) is 4.89. The number of methoxy groups -OCH3 is 1. The summed E-state index contributed by atoms with van der Waals surface area (Å²) in [5, 5.41) is 8.52. The van der Waals surface area contributed by atoms with E-state index >= 15 is 0 Å². The SMILES string of the molecule is COC(C)(C)C=C(C)C(=O)O. The first-order valence-electron chi connectivity index (χ1n) is 3.37. The standard InChI is InChI=1S/C8H14O3/c1-6(7(9)10)5-8(2,3)11-4/h5H,1-4H3,(H,9,10). The van der Waals surface area contributed by atoms with Crippen molar-refractivity contribution in [2.45, 2.75) is 26.4 Å². The molecule has 0 saturated carbocycles. The fourth-order valence-corrected chi connectivity index (χ4v) is 0.642. The van der Waals surface area contributed by atoms with Gasteiger partial charge in [0.1, 0.15) is 0 Å². The minimum absolute atomic E-state index is 0.303. The molecule has 1 N–H and O–H groups in total. The summed E-state index contributed by atoms with van der Waals surface area (Å²) in [6, 6.07) is 0. The number of hydrogen-bond acceptors (Lipinski definition) is 2. The van der Waals surface area contributed by atoms with Crippen LogP contribution in [0.25, 0.3) is 0 Å². The molecule has 3 nitrogen and oxygen atoms in total. The van der Waals surface area contributed by atoms with Crippen molar-refractivity contribution in [1.29, 1.82) is 0 Å². The predicted octanol–water partition coefficient (Wildman–Crippen LogP) is 1.44. The van der Waals surface area contributed by atoms with Crippen molar-refractivity contribution in [3.05, 3.63) is 11.6 Å². The number of rotatable bonds is 3. The molecule has 0 bridgehead atoms. The van der Waals surface area contributed by atoms with Crippen LogP contribution in [0.1, 0.15) is 20.8 Å². The molecule has 0 aliphatic carbocycles. The van der Waals surface area contributed by atoms with Crippen LogP contribution in [0.5, 0.6) is 0 Å². The molecule has 3 heteroatoms. The van der Waals surface area contributed by atoms with E-state index in [1.807, 2.05) is 0 Å². The molecule has 64 valence electrons. The van der Waals surface area contributed by atoms with Crippen molar-refractivity contribution in [2.75, 3.05) is 7.11 Å². The van der Waals surface area contributed by atoms with Gasteiger partial charge in [0.15, 0.2) is 0 Å². The zero-order chi connectivity index (χ0) is 9.07. The molecule has 0 rings (SSSR count). The molecule has 0 aromatic rings. The third-order valence-corrected chi connectivity index (χ3v) is 1.43. The van der Waals surface area contributed by atoms with Gasteiger partial charge in [-0.2, -0.15) is 0 Å². The van der Waals surface area contributed by atoms with Crippen molar-refractivity contribution in [1.82, 2.24) is 0 Å². The Labute approximate surface area is 66.7 Å². The first-order valence-corrected chi connectivity index (χ1v) is 3.37. The molecule has 11 heavy (non-hydrogen) atoms. The van der Waals surface area contributed by atoms with Gasteiger partial charge in [0, 0.05) is 12.7 Å².